The highest BCUT2D eigenvalue weighted by atomic mass is 32.2. The molecule has 0 aliphatic carbocycles. The number of aliphatic carboxylic acids is 1. The fourth-order valence-corrected chi connectivity index (χ4v) is 5.55. The van der Waals surface area contributed by atoms with E-state index in [1.807, 2.05) is 21.9 Å². The summed E-state index contributed by atoms with van der Waals surface area (Å²) in [4.78, 5) is 29.7. The molecule has 1 saturated heterocycles. The maximum atomic E-state index is 13.4. The van der Waals surface area contributed by atoms with Gasteiger partial charge in [0.2, 0.25) is 22.7 Å². The number of carbonyl (C=O) groups is 2. The van der Waals surface area contributed by atoms with Crippen LogP contribution in [0.4, 0.5) is 0 Å². The normalized spacial score (nSPS) is 21.6. The first-order chi connectivity index (χ1) is 17.1. The highest BCUT2D eigenvalue weighted by molar-refractivity contribution is 7.88. The quantitative estimate of drug-likeness (QED) is 0.379. The Labute approximate surface area is 214 Å². The Morgan fingerprint density at radius 2 is 1.81 bits per heavy atom. The summed E-state index contributed by atoms with van der Waals surface area (Å²) in [5.74, 6) is -0.981. The number of sulfonamides is 1. The van der Waals surface area contributed by atoms with E-state index in [1.54, 1.807) is 6.07 Å². The lowest BCUT2D eigenvalue weighted by molar-refractivity contribution is -0.143. The Hall–Kier alpha value is -2.37. The average molecular weight is 526 g/mol. The van der Waals surface area contributed by atoms with Crippen LogP contribution < -0.4 is 14.2 Å². The average Bonchev–Trinajstić information content (AvgIpc) is 3.42. The van der Waals surface area contributed by atoms with Gasteiger partial charge in [-0.25, -0.2) is 13.1 Å². The molecule has 1 aromatic carbocycles. The topological polar surface area (TPSA) is 125 Å². The van der Waals surface area contributed by atoms with Crippen LogP contribution in [0.3, 0.4) is 0 Å². The minimum Gasteiger partial charge on any atom is -0.481 e. The smallest absolute Gasteiger partial charge is 0.308 e. The molecule has 11 heteroatoms. The number of hydrogen-bond donors (Lipinski definition) is 2. The Kier molecular flexibility index (Phi) is 9.98. The van der Waals surface area contributed by atoms with E-state index in [0.29, 0.717) is 31.1 Å². The highest BCUT2D eigenvalue weighted by Crippen LogP contribution is 2.42. The van der Waals surface area contributed by atoms with Crippen molar-refractivity contribution in [1.29, 1.82) is 0 Å². The number of hydrogen-bond acceptors (Lipinski definition) is 7. The molecule has 1 amide bonds. The van der Waals surface area contributed by atoms with Gasteiger partial charge >= 0.3 is 5.97 Å². The van der Waals surface area contributed by atoms with E-state index in [-0.39, 0.29) is 38.1 Å². The number of likely N-dealkylation sites (tertiary alicyclic amines) is 1. The van der Waals surface area contributed by atoms with Crippen molar-refractivity contribution in [2.75, 3.05) is 45.8 Å². The molecule has 0 bridgehead atoms. The molecule has 202 valence electrons. The van der Waals surface area contributed by atoms with Crippen molar-refractivity contribution >= 4 is 21.9 Å². The van der Waals surface area contributed by atoms with Crippen LogP contribution in [-0.4, -0.2) is 87.0 Å². The lowest BCUT2D eigenvalue weighted by atomic mass is 9.84. The largest absolute Gasteiger partial charge is 0.481 e. The number of unbranched alkanes of at least 4 members (excludes halogenated alkanes) is 2. The van der Waals surface area contributed by atoms with Crippen molar-refractivity contribution in [2.24, 2.45) is 5.92 Å². The number of rotatable bonds is 14. The lowest BCUT2D eigenvalue weighted by Crippen LogP contribution is -2.45. The SMILES string of the molecule is CCCCN(CCCC)C(=O)CN1C[C@H](c2ccc3c(c2)OCO3)C(C(=O)O)[C@@H]1CCNS(C)(=O)=O. The Morgan fingerprint density at radius 1 is 1.14 bits per heavy atom. The zero-order valence-electron chi connectivity index (χ0n) is 21.4. The second-order valence-electron chi connectivity index (χ2n) is 9.62. The van der Waals surface area contributed by atoms with Gasteiger partial charge < -0.3 is 19.5 Å². The van der Waals surface area contributed by atoms with Crippen molar-refractivity contribution < 1.29 is 32.6 Å². The summed E-state index contributed by atoms with van der Waals surface area (Å²) in [6.07, 6.45) is 5.14. The minimum absolute atomic E-state index is 0.0200. The van der Waals surface area contributed by atoms with Crippen molar-refractivity contribution in [3.63, 3.8) is 0 Å². The summed E-state index contributed by atoms with van der Waals surface area (Å²) in [5.41, 5.74) is 0.802. The van der Waals surface area contributed by atoms with E-state index >= 15 is 0 Å². The molecule has 3 atom stereocenters. The van der Waals surface area contributed by atoms with E-state index in [4.69, 9.17) is 9.47 Å². The molecule has 1 fully saturated rings. The van der Waals surface area contributed by atoms with Gasteiger partial charge in [0.1, 0.15) is 0 Å². The molecule has 0 aromatic heterocycles. The number of carbonyl (C=O) groups excluding carboxylic acids is 1. The van der Waals surface area contributed by atoms with E-state index < -0.39 is 28.0 Å². The van der Waals surface area contributed by atoms with Crippen LogP contribution in [0.25, 0.3) is 0 Å². The van der Waals surface area contributed by atoms with Gasteiger partial charge in [-0.2, -0.15) is 0 Å². The number of amides is 1. The third-order valence-electron chi connectivity index (χ3n) is 6.92. The number of ether oxygens (including phenoxy) is 2. The lowest BCUT2D eigenvalue weighted by Gasteiger charge is -2.29. The molecule has 1 unspecified atom stereocenters. The number of nitrogens with zero attached hydrogens (tertiary/aromatic N) is 2. The predicted octanol–water partition coefficient (Wildman–Crippen LogP) is 2.25. The summed E-state index contributed by atoms with van der Waals surface area (Å²) in [6, 6.07) is 4.94. The van der Waals surface area contributed by atoms with Crippen molar-refractivity contribution in [2.45, 2.75) is 57.9 Å². The van der Waals surface area contributed by atoms with Crippen LogP contribution in [0, 0.1) is 5.92 Å². The maximum Gasteiger partial charge on any atom is 0.308 e. The van der Waals surface area contributed by atoms with Gasteiger partial charge in [0.05, 0.1) is 18.7 Å². The van der Waals surface area contributed by atoms with Gasteiger partial charge in [-0.05, 0) is 37.0 Å². The first-order valence-corrected chi connectivity index (χ1v) is 14.6. The molecule has 3 rings (SSSR count). The van der Waals surface area contributed by atoms with Crippen LogP contribution >= 0.6 is 0 Å². The summed E-state index contributed by atoms with van der Waals surface area (Å²) in [7, 11) is -3.42. The zero-order valence-corrected chi connectivity index (χ0v) is 22.3. The van der Waals surface area contributed by atoms with Crippen LogP contribution in [0.1, 0.15) is 57.4 Å². The molecule has 0 saturated carbocycles. The molecule has 1 aromatic rings. The van der Waals surface area contributed by atoms with Gasteiger partial charge in [-0.1, -0.05) is 32.8 Å². The molecule has 2 aliphatic heterocycles. The first kappa shape index (κ1) is 28.2. The molecule has 10 nitrogen and oxygen atoms in total. The van der Waals surface area contributed by atoms with E-state index in [1.165, 1.54) is 0 Å². The maximum absolute atomic E-state index is 13.4. The second-order valence-corrected chi connectivity index (χ2v) is 11.5. The van der Waals surface area contributed by atoms with E-state index in [9.17, 15) is 23.1 Å². The molecular formula is C25H39N3O7S. The Morgan fingerprint density at radius 3 is 2.42 bits per heavy atom. The molecule has 0 radical (unpaired) electrons. The number of fused-ring (bicyclic) bond motifs is 1. The summed E-state index contributed by atoms with van der Waals surface area (Å²) in [6.45, 7) is 6.22. The standard InChI is InChI=1S/C25H39N3O7S/c1-4-6-12-27(13-7-5-2)23(29)16-28-15-19(18-8-9-21-22(14-18)35-17-34-21)24(25(30)31)20(28)10-11-26-36(3,32)33/h8-9,14,19-20,24,26H,4-7,10-13,15-17H2,1-3H3,(H,30,31)/t19-,20+,24?/m1/s1. The molecule has 2 N–H and O–H groups in total. The predicted molar refractivity (Wildman–Crippen MR) is 136 cm³/mol. The van der Waals surface area contributed by atoms with E-state index in [2.05, 4.69) is 18.6 Å². The summed E-state index contributed by atoms with van der Waals surface area (Å²) in [5, 5.41) is 10.2. The van der Waals surface area contributed by atoms with Crippen molar-refractivity contribution in [1.82, 2.24) is 14.5 Å². The minimum atomic E-state index is -3.42. The van der Waals surface area contributed by atoms with E-state index in [0.717, 1.165) is 37.5 Å². The third-order valence-corrected chi connectivity index (χ3v) is 7.65. The Balaban J connectivity index is 1.85. The monoisotopic (exact) mass is 525 g/mol. The molecular weight excluding hydrogens is 486 g/mol. The molecule has 2 aliphatic rings. The molecule has 0 spiro atoms. The number of carboxylic acid groups (broad SMARTS) is 1. The number of nitrogens with one attached hydrogen (secondary N) is 1. The number of benzene rings is 1. The van der Waals surface area contributed by atoms with Crippen LogP contribution in [0.15, 0.2) is 18.2 Å². The van der Waals surface area contributed by atoms with Gasteiger partial charge in [0.25, 0.3) is 0 Å². The summed E-state index contributed by atoms with van der Waals surface area (Å²) < 4.78 is 36.6. The van der Waals surface area contributed by atoms with Crippen LogP contribution in [-0.2, 0) is 19.6 Å². The van der Waals surface area contributed by atoms with Crippen molar-refractivity contribution in [3.8, 4) is 11.5 Å². The van der Waals surface area contributed by atoms with Crippen LogP contribution in [0.2, 0.25) is 0 Å². The molecule has 2 heterocycles. The number of carboxylic acids is 1. The van der Waals surface area contributed by atoms with Crippen LogP contribution in [0.5, 0.6) is 11.5 Å². The van der Waals surface area contributed by atoms with Gasteiger partial charge in [-0.15, -0.1) is 0 Å². The fourth-order valence-electron chi connectivity index (χ4n) is 5.06. The second kappa shape index (κ2) is 12.7. The summed E-state index contributed by atoms with van der Waals surface area (Å²) >= 11 is 0. The Bertz CT molecular complexity index is 1010. The highest BCUT2D eigenvalue weighted by Gasteiger charge is 2.47. The molecule has 36 heavy (non-hydrogen) atoms. The fraction of sp³-hybridized carbons (Fsp3) is 0.680. The van der Waals surface area contributed by atoms with Gasteiger partial charge in [0.15, 0.2) is 11.5 Å². The van der Waals surface area contributed by atoms with Gasteiger partial charge in [-0.3, -0.25) is 14.5 Å². The first-order valence-electron chi connectivity index (χ1n) is 12.7. The van der Waals surface area contributed by atoms with Crippen molar-refractivity contribution in [3.05, 3.63) is 23.8 Å². The van der Waals surface area contributed by atoms with Gasteiger partial charge in [0, 0.05) is 38.1 Å². The third kappa shape index (κ3) is 7.33. The zero-order chi connectivity index (χ0) is 26.3.